The zero-order valence-corrected chi connectivity index (χ0v) is 14.1. The molecule has 1 aromatic carbocycles. The minimum Gasteiger partial charge on any atom is -0.456 e. The van der Waals surface area contributed by atoms with Crippen molar-refractivity contribution < 1.29 is 9.53 Å². The first-order chi connectivity index (χ1) is 12.0. The van der Waals surface area contributed by atoms with Gasteiger partial charge in [-0.05, 0) is 37.1 Å². The van der Waals surface area contributed by atoms with Crippen LogP contribution < -0.4 is 5.56 Å². The Morgan fingerprint density at radius 3 is 2.60 bits per heavy atom. The first-order valence-electron chi connectivity index (χ1n) is 7.92. The van der Waals surface area contributed by atoms with Gasteiger partial charge in [0.15, 0.2) is 0 Å². The van der Waals surface area contributed by atoms with E-state index in [1.807, 2.05) is 44.2 Å². The number of ether oxygens (including phenoxy) is 1. The Labute approximate surface area is 145 Å². The Morgan fingerprint density at radius 1 is 1.12 bits per heavy atom. The Balaban J connectivity index is 1.67. The molecule has 0 fully saturated rings. The molecule has 25 heavy (non-hydrogen) atoms. The first-order valence-corrected chi connectivity index (χ1v) is 7.92. The van der Waals surface area contributed by atoms with Crippen molar-refractivity contribution in [1.29, 1.82) is 0 Å². The highest BCUT2D eigenvalue weighted by atomic mass is 16.5. The van der Waals surface area contributed by atoms with E-state index in [9.17, 15) is 9.59 Å². The largest absolute Gasteiger partial charge is 0.456 e. The summed E-state index contributed by atoms with van der Waals surface area (Å²) in [6.45, 7) is 3.86. The molecule has 0 bridgehead atoms. The fourth-order valence-electron chi connectivity index (χ4n) is 2.37. The number of rotatable bonds is 4. The van der Waals surface area contributed by atoms with Crippen LogP contribution in [0.5, 0.6) is 0 Å². The minimum atomic E-state index is -0.480. The monoisotopic (exact) mass is 334 g/mol. The highest BCUT2D eigenvalue weighted by Crippen LogP contribution is 2.06. The Kier molecular flexibility index (Phi) is 4.75. The van der Waals surface area contributed by atoms with Crippen molar-refractivity contribution in [3.63, 3.8) is 0 Å². The van der Waals surface area contributed by atoms with Crippen LogP contribution in [-0.4, -0.2) is 15.4 Å². The van der Waals surface area contributed by atoms with Gasteiger partial charge in [0.1, 0.15) is 12.3 Å². The van der Waals surface area contributed by atoms with Gasteiger partial charge in [-0.3, -0.25) is 9.20 Å². The average molecular weight is 334 g/mol. The number of pyridine rings is 1. The second-order valence-electron chi connectivity index (χ2n) is 5.87. The molecular formula is C20H18N2O3. The molecule has 3 aromatic rings. The van der Waals surface area contributed by atoms with Crippen molar-refractivity contribution in [1.82, 2.24) is 9.38 Å². The minimum absolute atomic E-state index is 0.0450. The Morgan fingerprint density at radius 2 is 1.84 bits per heavy atom. The predicted octanol–water partition coefficient (Wildman–Crippen LogP) is 3.07. The Bertz CT molecular complexity index is 1000. The van der Waals surface area contributed by atoms with E-state index in [2.05, 4.69) is 4.98 Å². The third-order valence-corrected chi connectivity index (χ3v) is 3.71. The summed E-state index contributed by atoms with van der Waals surface area (Å²) in [5, 5.41) is 0. The van der Waals surface area contributed by atoms with E-state index in [4.69, 9.17) is 4.74 Å². The summed E-state index contributed by atoms with van der Waals surface area (Å²) >= 11 is 0. The number of carbonyl (C=O) groups is 1. The molecule has 5 nitrogen and oxygen atoms in total. The molecule has 0 aliphatic rings. The fraction of sp³-hybridized carbons (Fsp3) is 0.150. The molecule has 0 aliphatic carbocycles. The summed E-state index contributed by atoms with van der Waals surface area (Å²) < 4.78 is 6.63. The predicted molar refractivity (Wildman–Crippen MR) is 96.2 cm³/mol. The number of aryl methyl sites for hydroxylation is 2. The van der Waals surface area contributed by atoms with Gasteiger partial charge in [-0.2, -0.15) is 0 Å². The van der Waals surface area contributed by atoms with Crippen molar-refractivity contribution in [2.24, 2.45) is 0 Å². The summed E-state index contributed by atoms with van der Waals surface area (Å²) in [5.74, 6) is -0.480. The molecule has 0 N–H and O–H groups in total. The highest BCUT2D eigenvalue weighted by Gasteiger charge is 2.05. The summed E-state index contributed by atoms with van der Waals surface area (Å²) in [7, 11) is 0. The molecule has 126 valence electrons. The van der Waals surface area contributed by atoms with E-state index in [0.717, 1.165) is 16.7 Å². The van der Waals surface area contributed by atoms with Gasteiger partial charge in [0, 0.05) is 18.3 Å². The molecule has 0 atom stereocenters. The lowest BCUT2D eigenvalue weighted by molar-refractivity contribution is -0.139. The molecule has 0 radical (unpaired) electrons. The van der Waals surface area contributed by atoms with Crippen molar-refractivity contribution in [3.05, 3.63) is 87.5 Å². The van der Waals surface area contributed by atoms with Gasteiger partial charge in [-0.1, -0.05) is 35.9 Å². The van der Waals surface area contributed by atoms with Crippen molar-refractivity contribution in [2.75, 3.05) is 0 Å². The van der Waals surface area contributed by atoms with Gasteiger partial charge in [0.05, 0.1) is 5.69 Å². The number of aromatic nitrogens is 2. The van der Waals surface area contributed by atoms with Crippen LogP contribution in [0.25, 0.3) is 11.7 Å². The fourth-order valence-corrected chi connectivity index (χ4v) is 2.37. The highest BCUT2D eigenvalue weighted by molar-refractivity contribution is 5.87. The molecular weight excluding hydrogens is 316 g/mol. The van der Waals surface area contributed by atoms with E-state index in [0.29, 0.717) is 11.3 Å². The van der Waals surface area contributed by atoms with E-state index in [1.165, 1.54) is 16.5 Å². The van der Waals surface area contributed by atoms with Crippen LogP contribution in [0, 0.1) is 13.8 Å². The number of hydrogen-bond acceptors (Lipinski definition) is 4. The number of hydrogen-bond donors (Lipinski definition) is 0. The van der Waals surface area contributed by atoms with E-state index >= 15 is 0 Å². The topological polar surface area (TPSA) is 60.7 Å². The summed E-state index contributed by atoms with van der Waals surface area (Å²) in [6, 6.07) is 12.8. The zero-order chi connectivity index (χ0) is 17.8. The maximum absolute atomic E-state index is 12.1. The van der Waals surface area contributed by atoms with Gasteiger partial charge in [-0.25, -0.2) is 9.78 Å². The van der Waals surface area contributed by atoms with Gasteiger partial charge < -0.3 is 4.74 Å². The third kappa shape index (κ3) is 4.20. The Hall–Kier alpha value is -3.21. The van der Waals surface area contributed by atoms with E-state index < -0.39 is 5.97 Å². The lowest BCUT2D eigenvalue weighted by atomic mass is 10.1. The maximum Gasteiger partial charge on any atom is 0.331 e. The van der Waals surface area contributed by atoms with Crippen molar-refractivity contribution in [2.45, 2.75) is 20.5 Å². The molecule has 0 amide bonds. The normalized spacial score (nSPS) is 11.1. The first kappa shape index (κ1) is 16.6. The van der Waals surface area contributed by atoms with Crippen LogP contribution >= 0.6 is 0 Å². The number of benzene rings is 1. The second kappa shape index (κ2) is 7.13. The molecule has 0 unspecified atom stereocenters. The molecule has 0 saturated heterocycles. The van der Waals surface area contributed by atoms with Crippen LogP contribution in [0.4, 0.5) is 0 Å². The number of esters is 1. The van der Waals surface area contributed by atoms with Crippen LogP contribution in [0.3, 0.4) is 0 Å². The average Bonchev–Trinajstić information content (AvgIpc) is 2.60. The van der Waals surface area contributed by atoms with Crippen LogP contribution in [-0.2, 0) is 16.1 Å². The van der Waals surface area contributed by atoms with Crippen LogP contribution in [0.2, 0.25) is 0 Å². The summed E-state index contributed by atoms with van der Waals surface area (Å²) in [5.41, 5.74) is 3.79. The third-order valence-electron chi connectivity index (χ3n) is 3.71. The smallest absolute Gasteiger partial charge is 0.331 e. The van der Waals surface area contributed by atoms with Crippen molar-refractivity contribution in [3.8, 4) is 0 Å². The van der Waals surface area contributed by atoms with Gasteiger partial charge in [-0.15, -0.1) is 0 Å². The molecule has 5 heteroatoms. The lowest BCUT2D eigenvalue weighted by Gasteiger charge is -2.05. The van der Waals surface area contributed by atoms with Crippen molar-refractivity contribution >= 4 is 17.7 Å². The van der Waals surface area contributed by atoms with Gasteiger partial charge in [0.2, 0.25) is 0 Å². The van der Waals surface area contributed by atoms with Gasteiger partial charge in [0.25, 0.3) is 5.56 Å². The molecule has 3 rings (SSSR count). The molecule has 0 spiro atoms. The quantitative estimate of drug-likeness (QED) is 0.543. The molecule has 0 aliphatic heterocycles. The van der Waals surface area contributed by atoms with E-state index in [-0.39, 0.29) is 12.2 Å². The van der Waals surface area contributed by atoms with Crippen LogP contribution in [0.15, 0.2) is 59.5 Å². The zero-order valence-electron chi connectivity index (χ0n) is 14.1. The summed E-state index contributed by atoms with van der Waals surface area (Å²) in [6.07, 6.45) is 4.78. The maximum atomic E-state index is 12.1. The lowest BCUT2D eigenvalue weighted by Crippen LogP contribution is -2.16. The number of fused-ring (bicyclic) bond motifs is 1. The number of carbonyl (C=O) groups excluding carboxylic acids is 1. The van der Waals surface area contributed by atoms with E-state index in [1.54, 1.807) is 18.3 Å². The number of nitrogens with zero attached hydrogens (tertiary/aromatic N) is 2. The standard InChI is InChI=1S/C20H18N2O3/c1-14-3-6-16(7-4-14)8-10-20(24)25-13-17-11-19(23)22-12-15(2)5-9-18(22)21-17/h3-12H,13H2,1-2H3/b10-8+. The summed E-state index contributed by atoms with van der Waals surface area (Å²) in [4.78, 5) is 28.3. The second-order valence-corrected chi connectivity index (χ2v) is 5.87. The molecule has 0 saturated carbocycles. The SMILES string of the molecule is Cc1ccc(/C=C/C(=O)OCc2cc(=O)n3cc(C)ccc3n2)cc1. The molecule has 2 aromatic heterocycles. The van der Waals surface area contributed by atoms with Crippen LogP contribution in [0.1, 0.15) is 22.4 Å². The molecule has 2 heterocycles. The van der Waals surface area contributed by atoms with Gasteiger partial charge >= 0.3 is 5.97 Å².